The number of ether oxygens (including phenoxy) is 2. The van der Waals surface area contributed by atoms with Crippen LogP contribution in [0.1, 0.15) is 26.7 Å². The number of halogens is 2. The number of benzene rings is 1. The Bertz CT molecular complexity index is 570. The van der Waals surface area contributed by atoms with Crippen LogP contribution in [0.4, 0.5) is 0 Å². The zero-order chi connectivity index (χ0) is 16.1. The molecule has 4 nitrogen and oxygen atoms in total. The molecule has 0 aromatic heterocycles. The van der Waals surface area contributed by atoms with Crippen molar-refractivity contribution in [2.75, 3.05) is 19.5 Å². The van der Waals surface area contributed by atoms with E-state index < -0.39 is 14.5 Å². The number of methoxy groups -OCH3 is 1. The van der Waals surface area contributed by atoms with Crippen LogP contribution in [-0.2, 0) is 9.05 Å². The molecule has 0 fully saturated rings. The van der Waals surface area contributed by atoms with Crippen molar-refractivity contribution in [3.05, 3.63) is 22.7 Å². The van der Waals surface area contributed by atoms with E-state index >= 15 is 0 Å². The molecule has 7 heteroatoms. The van der Waals surface area contributed by atoms with Crippen LogP contribution < -0.4 is 9.47 Å². The van der Waals surface area contributed by atoms with Crippen LogP contribution in [0, 0.1) is 5.41 Å². The molecular weight excluding hydrogens is 380 g/mol. The summed E-state index contributed by atoms with van der Waals surface area (Å²) in [7, 11) is 3.40. The first-order valence-corrected chi connectivity index (χ1v) is 9.91. The van der Waals surface area contributed by atoms with E-state index in [4.69, 9.17) is 20.2 Å². The van der Waals surface area contributed by atoms with Crippen molar-refractivity contribution < 1.29 is 17.9 Å². The zero-order valence-electron chi connectivity index (χ0n) is 12.4. The molecule has 0 heterocycles. The Morgan fingerprint density at radius 2 is 1.90 bits per heavy atom. The Labute approximate surface area is 139 Å². The highest BCUT2D eigenvalue weighted by molar-refractivity contribution is 9.10. The van der Waals surface area contributed by atoms with E-state index in [-0.39, 0.29) is 12.4 Å². The summed E-state index contributed by atoms with van der Waals surface area (Å²) < 4.78 is 34.8. The van der Waals surface area contributed by atoms with Gasteiger partial charge in [0.1, 0.15) is 0 Å². The molecule has 0 amide bonds. The second-order valence-electron chi connectivity index (χ2n) is 4.95. The molecule has 120 valence electrons. The fourth-order valence-electron chi connectivity index (χ4n) is 2.08. The minimum absolute atomic E-state index is 0.110. The Morgan fingerprint density at radius 3 is 2.38 bits per heavy atom. The van der Waals surface area contributed by atoms with Crippen molar-refractivity contribution in [3.63, 3.8) is 0 Å². The van der Waals surface area contributed by atoms with E-state index in [1.165, 1.54) is 0 Å². The van der Waals surface area contributed by atoms with Crippen LogP contribution >= 0.6 is 26.6 Å². The van der Waals surface area contributed by atoms with Crippen molar-refractivity contribution in [3.8, 4) is 11.5 Å². The van der Waals surface area contributed by atoms with Gasteiger partial charge in [0.05, 0.1) is 23.9 Å². The number of para-hydroxylation sites is 1. The van der Waals surface area contributed by atoms with Gasteiger partial charge in [-0.2, -0.15) is 0 Å². The summed E-state index contributed by atoms with van der Waals surface area (Å²) in [6.45, 7) is 4.13. The summed E-state index contributed by atoms with van der Waals surface area (Å²) >= 11 is 3.41. The molecule has 0 saturated heterocycles. The van der Waals surface area contributed by atoms with Crippen LogP contribution in [0.15, 0.2) is 22.7 Å². The molecule has 0 atom stereocenters. The highest BCUT2D eigenvalue weighted by Crippen LogP contribution is 2.37. The van der Waals surface area contributed by atoms with Gasteiger partial charge in [-0.1, -0.05) is 19.9 Å². The van der Waals surface area contributed by atoms with E-state index in [2.05, 4.69) is 15.9 Å². The first kappa shape index (κ1) is 18.6. The summed E-state index contributed by atoms with van der Waals surface area (Å²) in [5.74, 6) is 1.05. The van der Waals surface area contributed by atoms with Crippen molar-refractivity contribution >= 4 is 35.7 Å². The highest BCUT2D eigenvalue weighted by Gasteiger charge is 2.33. The second-order valence-corrected chi connectivity index (χ2v) is 8.58. The van der Waals surface area contributed by atoms with Crippen LogP contribution in [0.5, 0.6) is 11.5 Å². The Hall–Kier alpha value is -0.460. The van der Waals surface area contributed by atoms with Gasteiger partial charge in [-0.25, -0.2) is 8.42 Å². The van der Waals surface area contributed by atoms with Gasteiger partial charge in [0.2, 0.25) is 9.05 Å². The van der Waals surface area contributed by atoms with Gasteiger partial charge in [-0.3, -0.25) is 0 Å². The SMILES string of the molecule is CCC(CC)(COc1c(Br)cccc1OC)CS(=O)(=O)Cl. The lowest BCUT2D eigenvalue weighted by molar-refractivity contribution is 0.150. The lowest BCUT2D eigenvalue weighted by Crippen LogP contribution is -2.33. The van der Waals surface area contributed by atoms with Crippen LogP contribution in [-0.4, -0.2) is 27.9 Å². The molecule has 0 bridgehead atoms. The van der Waals surface area contributed by atoms with Gasteiger partial charge in [0, 0.05) is 16.1 Å². The Morgan fingerprint density at radius 1 is 1.29 bits per heavy atom. The molecule has 0 aliphatic rings. The molecule has 0 aliphatic heterocycles. The third-order valence-corrected chi connectivity index (χ3v) is 5.56. The standard InChI is InChI=1S/C14H20BrClO4S/c1-4-14(5-2,10-21(16,17)18)9-20-13-11(15)7-6-8-12(13)19-3/h6-8H,4-5,9-10H2,1-3H3. The molecule has 0 spiro atoms. The average molecular weight is 400 g/mol. The summed E-state index contributed by atoms with van der Waals surface area (Å²) in [5, 5.41) is 0. The highest BCUT2D eigenvalue weighted by atomic mass is 79.9. The third-order valence-electron chi connectivity index (χ3n) is 3.65. The largest absolute Gasteiger partial charge is 0.493 e. The Kier molecular flexibility index (Phi) is 6.81. The maximum absolute atomic E-state index is 11.4. The van der Waals surface area contributed by atoms with Crippen LogP contribution in [0.25, 0.3) is 0 Å². The maximum atomic E-state index is 11.4. The minimum atomic E-state index is -3.59. The fraction of sp³-hybridized carbons (Fsp3) is 0.571. The molecule has 0 unspecified atom stereocenters. The quantitative estimate of drug-likeness (QED) is 0.614. The topological polar surface area (TPSA) is 52.6 Å². The summed E-state index contributed by atoms with van der Waals surface area (Å²) in [6.07, 6.45) is 1.31. The lowest BCUT2D eigenvalue weighted by Gasteiger charge is -2.30. The molecule has 1 aromatic rings. The van der Waals surface area contributed by atoms with E-state index in [1.54, 1.807) is 13.2 Å². The molecule has 21 heavy (non-hydrogen) atoms. The van der Waals surface area contributed by atoms with E-state index in [0.29, 0.717) is 24.3 Å². The van der Waals surface area contributed by atoms with Gasteiger partial charge in [-0.15, -0.1) is 0 Å². The number of hydrogen-bond donors (Lipinski definition) is 0. The molecule has 0 N–H and O–H groups in total. The number of hydrogen-bond acceptors (Lipinski definition) is 4. The molecule has 0 radical (unpaired) electrons. The predicted molar refractivity (Wildman–Crippen MR) is 88.8 cm³/mol. The lowest BCUT2D eigenvalue weighted by atomic mass is 9.85. The summed E-state index contributed by atoms with van der Waals surface area (Å²) in [5.41, 5.74) is -0.513. The predicted octanol–water partition coefficient (Wildman–Crippen LogP) is 4.21. The van der Waals surface area contributed by atoms with Gasteiger partial charge < -0.3 is 9.47 Å². The van der Waals surface area contributed by atoms with Crippen molar-refractivity contribution in [2.24, 2.45) is 5.41 Å². The monoisotopic (exact) mass is 398 g/mol. The van der Waals surface area contributed by atoms with E-state index in [0.717, 1.165) is 4.47 Å². The smallest absolute Gasteiger partial charge is 0.233 e. The van der Waals surface area contributed by atoms with Crippen LogP contribution in [0.3, 0.4) is 0 Å². The second kappa shape index (κ2) is 7.70. The summed E-state index contributed by atoms with van der Waals surface area (Å²) in [6, 6.07) is 5.47. The maximum Gasteiger partial charge on any atom is 0.233 e. The fourth-order valence-corrected chi connectivity index (χ4v) is 4.46. The molecule has 0 saturated carbocycles. The Balaban J connectivity index is 2.98. The van der Waals surface area contributed by atoms with Gasteiger partial charge in [-0.05, 0) is 40.9 Å². The van der Waals surface area contributed by atoms with Crippen molar-refractivity contribution in [2.45, 2.75) is 26.7 Å². The molecule has 1 aromatic carbocycles. The van der Waals surface area contributed by atoms with Gasteiger partial charge in [0.25, 0.3) is 0 Å². The first-order chi connectivity index (χ1) is 9.77. The first-order valence-electron chi connectivity index (χ1n) is 6.64. The third kappa shape index (κ3) is 5.34. The van der Waals surface area contributed by atoms with Crippen molar-refractivity contribution in [1.29, 1.82) is 0 Å². The zero-order valence-corrected chi connectivity index (χ0v) is 15.5. The normalized spacial score (nSPS) is 12.2. The van der Waals surface area contributed by atoms with E-state index in [1.807, 2.05) is 26.0 Å². The van der Waals surface area contributed by atoms with Crippen molar-refractivity contribution in [1.82, 2.24) is 0 Å². The van der Waals surface area contributed by atoms with Gasteiger partial charge >= 0.3 is 0 Å². The minimum Gasteiger partial charge on any atom is -0.493 e. The van der Waals surface area contributed by atoms with Crippen LogP contribution in [0.2, 0.25) is 0 Å². The van der Waals surface area contributed by atoms with Gasteiger partial charge in [0.15, 0.2) is 11.5 Å². The average Bonchev–Trinajstić information content (AvgIpc) is 2.43. The number of rotatable bonds is 8. The molecule has 1 rings (SSSR count). The molecule has 0 aliphatic carbocycles. The molecular formula is C14H20BrClO4S. The summed E-state index contributed by atoms with van der Waals surface area (Å²) in [4.78, 5) is 0. The van der Waals surface area contributed by atoms with E-state index in [9.17, 15) is 8.42 Å².